The van der Waals surface area contributed by atoms with Crippen molar-refractivity contribution in [2.75, 3.05) is 0 Å². The summed E-state index contributed by atoms with van der Waals surface area (Å²) < 4.78 is 14.0. The van der Waals surface area contributed by atoms with Crippen molar-refractivity contribution in [2.45, 2.75) is 51.0 Å². The summed E-state index contributed by atoms with van der Waals surface area (Å²) in [6.07, 6.45) is 6.03. The molecule has 1 saturated carbocycles. The van der Waals surface area contributed by atoms with Gasteiger partial charge in [0.15, 0.2) is 0 Å². The summed E-state index contributed by atoms with van der Waals surface area (Å²) in [6.45, 7) is 2.20. The van der Waals surface area contributed by atoms with Crippen molar-refractivity contribution < 1.29 is 9.50 Å². The molecule has 0 unspecified atom stereocenters. The maximum atomic E-state index is 13.5. The third kappa shape index (κ3) is 2.94. The van der Waals surface area contributed by atoms with Crippen molar-refractivity contribution in [1.82, 2.24) is 0 Å². The summed E-state index contributed by atoms with van der Waals surface area (Å²) in [7, 11) is 0. The third-order valence-corrected chi connectivity index (χ3v) is 4.73. The van der Waals surface area contributed by atoms with E-state index in [-0.39, 0.29) is 5.82 Å². The van der Waals surface area contributed by atoms with E-state index in [2.05, 4.69) is 22.9 Å². The Labute approximate surface area is 117 Å². The lowest BCUT2D eigenvalue weighted by molar-refractivity contribution is -0.0154. The average molecular weight is 315 g/mol. The third-order valence-electron chi connectivity index (χ3n) is 4.09. The minimum atomic E-state index is -0.828. The highest BCUT2D eigenvalue weighted by atomic mass is 79.9. The van der Waals surface area contributed by atoms with Crippen molar-refractivity contribution in [3.05, 3.63) is 34.1 Å². The molecule has 1 fully saturated rings. The second-order valence-corrected chi connectivity index (χ2v) is 6.25. The van der Waals surface area contributed by atoms with E-state index >= 15 is 0 Å². The molecule has 0 aromatic heterocycles. The average Bonchev–Trinajstić information content (AvgIpc) is 2.36. The molecule has 1 aliphatic rings. The van der Waals surface area contributed by atoms with E-state index in [0.717, 1.165) is 37.2 Å². The fraction of sp³-hybridized carbons (Fsp3) is 0.600. The van der Waals surface area contributed by atoms with Gasteiger partial charge in [-0.25, -0.2) is 4.39 Å². The van der Waals surface area contributed by atoms with Crippen LogP contribution in [0, 0.1) is 11.7 Å². The Morgan fingerprint density at radius 1 is 1.39 bits per heavy atom. The Bertz CT molecular complexity index is 411. The first-order valence-electron chi connectivity index (χ1n) is 6.73. The van der Waals surface area contributed by atoms with Gasteiger partial charge >= 0.3 is 0 Å². The molecule has 1 aliphatic carbocycles. The van der Waals surface area contributed by atoms with Crippen LogP contribution in [0.1, 0.15) is 51.0 Å². The molecule has 0 atom stereocenters. The predicted molar refractivity (Wildman–Crippen MR) is 74.9 cm³/mol. The molecule has 1 N–H and O–H groups in total. The SMILES string of the molecule is CCCC1CCC(O)(c2ccc(Br)c(F)c2)CC1. The van der Waals surface area contributed by atoms with E-state index in [9.17, 15) is 9.50 Å². The highest BCUT2D eigenvalue weighted by Crippen LogP contribution is 2.41. The van der Waals surface area contributed by atoms with Gasteiger partial charge in [-0.15, -0.1) is 0 Å². The molecule has 0 saturated heterocycles. The van der Waals surface area contributed by atoms with Gasteiger partial charge in [0, 0.05) is 0 Å². The second kappa shape index (κ2) is 5.70. The van der Waals surface area contributed by atoms with E-state index in [0.29, 0.717) is 4.47 Å². The maximum Gasteiger partial charge on any atom is 0.137 e. The van der Waals surface area contributed by atoms with E-state index in [1.165, 1.54) is 18.9 Å². The summed E-state index contributed by atoms with van der Waals surface area (Å²) >= 11 is 3.14. The first kappa shape index (κ1) is 14.0. The van der Waals surface area contributed by atoms with Crippen LogP contribution < -0.4 is 0 Å². The molecule has 18 heavy (non-hydrogen) atoms. The van der Waals surface area contributed by atoms with Crippen LogP contribution in [0.5, 0.6) is 0 Å². The number of hydrogen-bond donors (Lipinski definition) is 1. The number of rotatable bonds is 3. The van der Waals surface area contributed by atoms with Gasteiger partial charge in [0.25, 0.3) is 0 Å². The van der Waals surface area contributed by atoms with E-state index in [4.69, 9.17) is 0 Å². The minimum absolute atomic E-state index is 0.295. The van der Waals surface area contributed by atoms with Crippen LogP contribution in [0.2, 0.25) is 0 Å². The lowest BCUT2D eigenvalue weighted by Crippen LogP contribution is -2.31. The highest BCUT2D eigenvalue weighted by Gasteiger charge is 2.34. The molecule has 0 aliphatic heterocycles. The van der Waals surface area contributed by atoms with Crippen LogP contribution in [-0.4, -0.2) is 5.11 Å². The van der Waals surface area contributed by atoms with E-state index in [1.54, 1.807) is 6.07 Å². The first-order chi connectivity index (χ1) is 8.55. The topological polar surface area (TPSA) is 20.2 Å². The molecule has 3 heteroatoms. The molecular weight excluding hydrogens is 295 g/mol. The molecule has 1 aromatic carbocycles. The summed E-state index contributed by atoms with van der Waals surface area (Å²) in [5.41, 5.74) is -0.107. The van der Waals surface area contributed by atoms with Crippen molar-refractivity contribution >= 4 is 15.9 Å². The quantitative estimate of drug-likeness (QED) is 0.852. The lowest BCUT2D eigenvalue weighted by Gasteiger charge is -2.36. The molecule has 0 heterocycles. The molecule has 0 amide bonds. The second-order valence-electron chi connectivity index (χ2n) is 5.39. The summed E-state index contributed by atoms with van der Waals surface area (Å²) in [5, 5.41) is 10.7. The van der Waals surface area contributed by atoms with Gasteiger partial charge in [-0.3, -0.25) is 0 Å². The van der Waals surface area contributed by atoms with Gasteiger partial charge in [0.1, 0.15) is 5.82 Å². The molecule has 1 nitrogen and oxygen atoms in total. The molecule has 0 bridgehead atoms. The number of halogens is 2. The van der Waals surface area contributed by atoms with Crippen molar-refractivity contribution in [3.8, 4) is 0 Å². The van der Waals surface area contributed by atoms with Crippen LogP contribution in [0.3, 0.4) is 0 Å². The van der Waals surface area contributed by atoms with Crippen molar-refractivity contribution in [3.63, 3.8) is 0 Å². The zero-order valence-electron chi connectivity index (χ0n) is 10.8. The van der Waals surface area contributed by atoms with Gasteiger partial charge < -0.3 is 5.11 Å². The number of hydrogen-bond acceptors (Lipinski definition) is 1. The Morgan fingerprint density at radius 2 is 2.06 bits per heavy atom. The molecule has 2 rings (SSSR count). The molecule has 0 radical (unpaired) electrons. The normalized spacial score (nSPS) is 28.3. The number of benzene rings is 1. The standard InChI is InChI=1S/C15H20BrFO/c1-2-3-11-6-8-15(18,9-7-11)12-4-5-13(16)14(17)10-12/h4-5,10-11,18H,2-3,6-9H2,1H3. The Kier molecular flexibility index (Phi) is 4.44. The Morgan fingerprint density at radius 3 is 2.61 bits per heavy atom. The maximum absolute atomic E-state index is 13.5. The van der Waals surface area contributed by atoms with E-state index < -0.39 is 5.60 Å². The highest BCUT2D eigenvalue weighted by molar-refractivity contribution is 9.10. The van der Waals surface area contributed by atoms with Gasteiger partial charge in [-0.1, -0.05) is 25.8 Å². The number of aliphatic hydroxyl groups is 1. The zero-order chi connectivity index (χ0) is 13.2. The van der Waals surface area contributed by atoms with E-state index in [1.807, 2.05) is 6.07 Å². The molecule has 0 spiro atoms. The van der Waals surface area contributed by atoms with Crippen molar-refractivity contribution in [1.29, 1.82) is 0 Å². The fourth-order valence-electron chi connectivity index (χ4n) is 2.93. The van der Waals surface area contributed by atoms with Crippen LogP contribution in [0.15, 0.2) is 22.7 Å². The van der Waals surface area contributed by atoms with Crippen LogP contribution in [-0.2, 0) is 5.60 Å². The smallest absolute Gasteiger partial charge is 0.137 e. The van der Waals surface area contributed by atoms with Crippen LogP contribution in [0.4, 0.5) is 4.39 Å². The molecule has 1 aromatic rings. The molecule has 100 valence electrons. The summed E-state index contributed by atoms with van der Waals surface area (Å²) in [5.74, 6) is 0.437. The van der Waals surface area contributed by atoms with Crippen LogP contribution in [0.25, 0.3) is 0 Å². The Balaban J connectivity index is 2.10. The lowest BCUT2D eigenvalue weighted by atomic mass is 9.74. The minimum Gasteiger partial charge on any atom is -0.385 e. The van der Waals surface area contributed by atoms with Crippen molar-refractivity contribution in [2.24, 2.45) is 5.92 Å². The summed E-state index contributed by atoms with van der Waals surface area (Å²) in [6, 6.07) is 4.97. The fourth-order valence-corrected chi connectivity index (χ4v) is 3.17. The Hall–Kier alpha value is -0.410. The van der Waals surface area contributed by atoms with Gasteiger partial charge in [0.2, 0.25) is 0 Å². The monoisotopic (exact) mass is 314 g/mol. The van der Waals surface area contributed by atoms with Crippen LogP contribution >= 0.6 is 15.9 Å². The predicted octanol–water partition coefficient (Wildman–Crippen LogP) is 4.77. The van der Waals surface area contributed by atoms with Gasteiger partial charge in [-0.2, -0.15) is 0 Å². The molecular formula is C15H20BrFO. The first-order valence-corrected chi connectivity index (χ1v) is 7.52. The summed E-state index contributed by atoms with van der Waals surface area (Å²) in [4.78, 5) is 0. The van der Waals surface area contributed by atoms with Gasteiger partial charge in [0.05, 0.1) is 10.1 Å². The van der Waals surface area contributed by atoms with Gasteiger partial charge in [-0.05, 0) is 65.2 Å². The zero-order valence-corrected chi connectivity index (χ0v) is 12.3. The largest absolute Gasteiger partial charge is 0.385 e.